The molecule has 0 radical (unpaired) electrons. The molecule has 0 aliphatic carbocycles. The van der Waals surface area contributed by atoms with Crippen molar-refractivity contribution in [2.45, 2.75) is 6.10 Å². The summed E-state index contributed by atoms with van der Waals surface area (Å²) in [6.45, 7) is 0. The summed E-state index contributed by atoms with van der Waals surface area (Å²) in [5.41, 5.74) is -0.671. The van der Waals surface area contributed by atoms with Crippen LogP contribution in [0.25, 0.3) is 0 Å². The Balaban J connectivity index is 3.28. The highest BCUT2D eigenvalue weighted by Gasteiger charge is 2.25. The van der Waals surface area contributed by atoms with Crippen molar-refractivity contribution in [2.24, 2.45) is 0 Å². The van der Waals surface area contributed by atoms with Crippen molar-refractivity contribution in [2.75, 3.05) is 0 Å². The van der Waals surface area contributed by atoms with E-state index in [0.29, 0.717) is 4.47 Å². The van der Waals surface area contributed by atoms with Crippen LogP contribution in [0, 0.1) is 10.1 Å². The summed E-state index contributed by atoms with van der Waals surface area (Å²) in [5.74, 6) is -1.53. The Morgan fingerprint density at radius 2 is 2.13 bits per heavy atom. The number of nitro groups is 1. The molecular formula is C8H6BrNO5. The van der Waals surface area contributed by atoms with Gasteiger partial charge < -0.3 is 10.2 Å². The number of benzene rings is 1. The number of carbonyl (C=O) groups is 1. The lowest BCUT2D eigenvalue weighted by Crippen LogP contribution is -2.12. The molecule has 0 spiro atoms. The number of hydrogen-bond donors (Lipinski definition) is 2. The van der Waals surface area contributed by atoms with Gasteiger partial charge in [0.05, 0.1) is 10.5 Å². The average molecular weight is 276 g/mol. The molecule has 1 rings (SSSR count). The third-order valence-electron chi connectivity index (χ3n) is 1.72. The number of carboxylic acid groups (broad SMARTS) is 1. The van der Waals surface area contributed by atoms with Crippen LogP contribution in [0.2, 0.25) is 0 Å². The second-order valence-corrected chi connectivity index (χ2v) is 3.62. The first-order valence-corrected chi connectivity index (χ1v) is 4.57. The molecular weight excluding hydrogens is 270 g/mol. The van der Waals surface area contributed by atoms with Crippen molar-refractivity contribution in [1.29, 1.82) is 0 Å². The number of aliphatic carboxylic acids is 1. The number of aliphatic hydroxyl groups excluding tert-OH is 1. The van der Waals surface area contributed by atoms with Gasteiger partial charge in [0.15, 0.2) is 6.10 Å². The predicted molar refractivity (Wildman–Crippen MR) is 53.4 cm³/mol. The Morgan fingerprint density at radius 1 is 1.53 bits per heavy atom. The molecule has 1 unspecified atom stereocenters. The number of nitro benzene ring substituents is 1. The van der Waals surface area contributed by atoms with Gasteiger partial charge in [-0.2, -0.15) is 0 Å². The first-order chi connectivity index (χ1) is 6.93. The standard InChI is InChI=1S/C8H6BrNO5/c9-4-1-2-5(7(11)8(12)13)6(3-4)10(14)15/h1-3,7,11H,(H,12,13). The second kappa shape index (κ2) is 4.37. The summed E-state index contributed by atoms with van der Waals surface area (Å²) in [7, 11) is 0. The van der Waals surface area contributed by atoms with Gasteiger partial charge in [-0.15, -0.1) is 0 Å². The molecule has 1 aromatic carbocycles. The van der Waals surface area contributed by atoms with Crippen LogP contribution < -0.4 is 0 Å². The van der Waals surface area contributed by atoms with Gasteiger partial charge in [-0.25, -0.2) is 4.79 Å². The highest BCUT2D eigenvalue weighted by atomic mass is 79.9. The minimum absolute atomic E-state index is 0.240. The second-order valence-electron chi connectivity index (χ2n) is 2.70. The minimum Gasteiger partial charge on any atom is -0.479 e. The van der Waals surface area contributed by atoms with E-state index < -0.39 is 22.7 Å². The SMILES string of the molecule is O=C(O)C(O)c1ccc(Br)cc1[N+](=O)[O-]. The number of nitrogens with zero attached hydrogens (tertiary/aromatic N) is 1. The fraction of sp³-hybridized carbons (Fsp3) is 0.125. The van der Waals surface area contributed by atoms with Crippen LogP contribution in [0.5, 0.6) is 0 Å². The van der Waals surface area contributed by atoms with Gasteiger partial charge in [-0.3, -0.25) is 10.1 Å². The first kappa shape index (κ1) is 11.6. The molecule has 7 heteroatoms. The van der Waals surface area contributed by atoms with Crippen molar-refractivity contribution >= 4 is 27.6 Å². The lowest BCUT2D eigenvalue weighted by Gasteiger charge is -2.06. The van der Waals surface area contributed by atoms with Crippen LogP contribution >= 0.6 is 15.9 Å². The van der Waals surface area contributed by atoms with Gasteiger partial charge in [0.1, 0.15) is 0 Å². The van der Waals surface area contributed by atoms with Crippen molar-refractivity contribution in [1.82, 2.24) is 0 Å². The third kappa shape index (κ3) is 2.51. The van der Waals surface area contributed by atoms with Crippen molar-refractivity contribution in [3.05, 3.63) is 38.3 Å². The van der Waals surface area contributed by atoms with Gasteiger partial charge in [-0.05, 0) is 12.1 Å². The zero-order valence-electron chi connectivity index (χ0n) is 7.25. The van der Waals surface area contributed by atoms with E-state index in [1.54, 1.807) is 0 Å². The van der Waals surface area contributed by atoms with Crippen molar-refractivity contribution < 1.29 is 19.9 Å². The van der Waals surface area contributed by atoms with Gasteiger partial charge in [0.2, 0.25) is 0 Å². The van der Waals surface area contributed by atoms with Gasteiger partial charge in [-0.1, -0.05) is 15.9 Å². The lowest BCUT2D eigenvalue weighted by atomic mass is 10.1. The van der Waals surface area contributed by atoms with Crippen LogP contribution in [-0.2, 0) is 4.79 Å². The molecule has 1 atom stereocenters. The molecule has 0 saturated heterocycles. The molecule has 0 heterocycles. The molecule has 0 aromatic heterocycles. The Kier molecular flexibility index (Phi) is 3.38. The van der Waals surface area contributed by atoms with Crippen molar-refractivity contribution in [3.8, 4) is 0 Å². The molecule has 0 amide bonds. The summed E-state index contributed by atoms with van der Waals surface area (Å²) in [4.78, 5) is 20.3. The number of aliphatic hydroxyl groups is 1. The number of halogens is 1. The number of hydrogen-bond acceptors (Lipinski definition) is 4. The van der Waals surface area contributed by atoms with E-state index in [2.05, 4.69) is 15.9 Å². The molecule has 0 saturated carbocycles. The smallest absolute Gasteiger partial charge is 0.337 e. The average Bonchev–Trinajstić information content (AvgIpc) is 2.16. The number of rotatable bonds is 3. The van der Waals surface area contributed by atoms with Gasteiger partial charge in [0, 0.05) is 10.5 Å². The fourth-order valence-electron chi connectivity index (χ4n) is 1.04. The topological polar surface area (TPSA) is 101 Å². The normalized spacial score (nSPS) is 12.1. The first-order valence-electron chi connectivity index (χ1n) is 3.78. The highest BCUT2D eigenvalue weighted by molar-refractivity contribution is 9.10. The molecule has 15 heavy (non-hydrogen) atoms. The van der Waals surface area contributed by atoms with E-state index in [-0.39, 0.29) is 5.56 Å². The molecule has 2 N–H and O–H groups in total. The van der Waals surface area contributed by atoms with E-state index in [4.69, 9.17) is 5.11 Å². The van der Waals surface area contributed by atoms with Crippen LogP contribution in [0.15, 0.2) is 22.7 Å². The quantitative estimate of drug-likeness (QED) is 0.643. The monoisotopic (exact) mass is 275 g/mol. The Morgan fingerprint density at radius 3 is 2.60 bits per heavy atom. The van der Waals surface area contributed by atoms with Crippen LogP contribution in [-0.4, -0.2) is 21.1 Å². The highest BCUT2D eigenvalue weighted by Crippen LogP contribution is 2.28. The maximum atomic E-state index is 10.6. The van der Waals surface area contributed by atoms with E-state index in [0.717, 1.165) is 6.07 Å². The van der Waals surface area contributed by atoms with Crippen LogP contribution in [0.4, 0.5) is 5.69 Å². The summed E-state index contributed by atoms with van der Waals surface area (Å²) < 4.78 is 0.440. The molecule has 0 bridgehead atoms. The molecule has 1 aromatic rings. The minimum atomic E-state index is -1.89. The van der Waals surface area contributed by atoms with E-state index in [1.165, 1.54) is 12.1 Å². The Labute approximate surface area is 92.4 Å². The summed E-state index contributed by atoms with van der Waals surface area (Å²) in [5, 5.41) is 28.3. The molecule has 0 aliphatic rings. The van der Waals surface area contributed by atoms with Gasteiger partial charge >= 0.3 is 5.97 Å². The van der Waals surface area contributed by atoms with Crippen LogP contribution in [0.3, 0.4) is 0 Å². The lowest BCUT2D eigenvalue weighted by molar-refractivity contribution is -0.386. The van der Waals surface area contributed by atoms with Crippen molar-refractivity contribution in [3.63, 3.8) is 0 Å². The maximum absolute atomic E-state index is 10.6. The van der Waals surface area contributed by atoms with E-state index in [1.807, 2.05) is 0 Å². The Hall–Kier alpha value is -1.47. The zero-order chi connectivity index (χ0) is 11.6. The predicted octanol–water partition coefficient (Wildman–Crippen LogP) is 1.48. The fourth-order valence-corrected chi connectivity index (χ4v) is 1.39. The molecule has 0 aliphatic heterocycles. The molecule has 0 fully saturated rings. The third-order valence-corrected chi connectivity index (χ3v) is 2.21. The molecule has 80 valence electrons. The molecule has 6 nitrogen and oxygen atoms in total. The van der Waals surface area contributed by atoms with Gasteiger partial charge in [0.25, 0.3) is 5.69 Å². The maximum Gasteiger partial charge on any atom is 0.337 e. The summed E-state index contributed by atoms with van der Waals surface area (Å²) in [6, 6.07) is 3.76. The Bertz CT molecular complexity index is 419. The zero-order valence-corrected chi connectivity index (χ0v) is 8.84. The largest absolute Gasteiger partial charge is 0.479 e. The summed E-state index contributed by atoms with van der Waals surface area (Å²) in [6.07, 6.45) is -1.89. The number of carboxylic acids is 1. The van der Waals surface area contributed by atoms with Crippen LogP contribution in [0.1, 0.15) is 11.7 Å². The van der Waals surface area contributed by atoms with E-state index >= 15 is 0 Å². The summed E-state index contributed by atoms with van der Waals surface area (Å²) >= 11 is 3.02. The van der Waals surface area contributed by atoms with E-state index in [9.17, 15) is 20.0 Å².